The van der Waals surface area contributed by atoms with Crippen molar-refractivity contribution in [2.45, 2.75) is 0 Å². The molecule has 62 valence electrons. The standard InChI is InChI=1S/C5H10O3S.Sb.3H/c1-7-2-3-8-5(6)4-9;;;;/h9H,2-4H2,1H3;;;;. The van der Waals surface area contributed by atoms with Crippen LogP contribution in [0.2, 0.25) is 0 Å². The average molecular weight is 275 g/mol. The Bertz CT molecular complexity index is 89.0. The van der Waals surface area contributed by atoms with Gasteiger partial charge in [0.15, 0.2) is 0 Å². The van der Waals surface area contributed by atoms with Crippen molar-refractivity contribution in [3.05, 3.63) is 0 Å². The number of esters is 1. The Morgan fingerprint density at radius 3 is 2.50 bits per heavy atom. The fourth-order valence-electron chi connectivity index (χ4n) is 0.284. The second-order valence-electron chi connectivity index (χ2n) is 1.37. The number of hydrogen-bond donors (Lipinski definition) is 1. The van der Waals surface area contributed by atoms with Gasteiger partial charge in [-0.15, -0.1) is 0 Å². The summed E-state index contributed by atoms with van der Waals surface area (Å²) in [6.45, 7) is 0.759. The van der Waals surface area contributed by atoms with Gasteiger partial charge in [-0.2, -0.15) is 12.6 Å². The third kappa shape index (κ3) is 8.60. The molecule has 0 saturated carbocycles. The van der Waals surface area contributed by atoms with Crippen molar-refractivity contribution < 1.29 is 14.3 Å². The summed E-state index contributed by atoms with van der Waals surface area (Å²) in [6.07, 6.45) is 0. The molecule has 0 heterocycles. The monoisotopic (exact) mass is 274 g/mol. The van der Waals surface area contributed by atoms with E-state index in [-0.39, 0.29) is 36.2 Å². The van der Waals surface area contributed by atoms with E-state index in [0.29, 0.717) is 13.2 Å². The van der Waals surface area contributed by atoms with Crippen LogP contribution in [0.25, 0.3) is 0 Å². The van der Waals surface area contributed by atoms with Crippen LogP contribution in [0.5, 0.6) is 0 Å². The Morgan fingerprint density at radius 1 is 1.50 bits per heavy atom. The zero-order chi connectivity index (χ0) is 7.11. The zero-order valence-corrected chi connectivity index (χ0v) is 10.9. The number of methoxy groups -OCH3 is 1. The molecule has 0 fully saturated rings. The molecule has 0 atom stereocenters. The summed E-state index contributed by atoms with van der Waals surface area (Å²) >= 11 is 3.70. The normalized spacial score (nSPS) is 8.20. The first-order valence-corrected chi connectivity index (χ1v) is 3.20. The first-order chi connectivity index (χ1) is 4.31. The minimum atomic E-state index is -0.310. The van der Waals surface area contributed by atoms with Crippen LogP contribution in [0.1, 0.15) is 0 Å². The van der Waals surface area contributed by atoms with Crippen LogP contribution in [0, 0.1) is 0 Å². The number of ether oxygens (including phenoxy) is 2. The van der Waals surface area contributed by atoms with Gasteiger partial charge < -0.3 is 9.47 Å². The van der Waals surface area contributed by atoms with Crippen molar-refractivity contribution in [2.24, 2.45) is 0 Å². The molecule has 0 unspecified atom stereocenters. The van der Waals surface area contributed by atoms with E-state index in [9.17, 15) is 4.79 Å². The summed E-state index contributed by atoms with van der Waals surface area (Å²) in [7, 11) is 1.55. The molecule has 0 aromatic heterocycles. The summed E-state index contributed by atoms with van der Waals surface area (Å²) < 4.78 is 9.23. The molecule has 0 aromatic carbocycles. The summed E-state index contributed by atoms with van der Waals surface area (Å²) in [5, 5.41) is 0. The second-order valence-corrected chi connectivity index (χ2v) is 1.69. The molecule has 0 bridgehead atoms. The average Bonchev–Trinajstić information content (AvgIpc) is 1.89. The summed E-state index contributed by atoms with van der Waals surface area (Å²) in [4.78, 5) is 10.3. The molecule has 10 heavy (non-hydrogen) atoms. The van der Waals surface area contributed by atoms with E-state index in [1.165, 1.54) is 0 Å². The molecule has 0 aliphatic rings. The maximum atomic E-state index is 10.3. The summed E-state index contributed by atoms with van der Waals surface area (Å²) in [5.41, 5.74) is 0. The Kier molecular flexibility index (Phi) is 12.7. The molecule has 0 rings (SSSR count). The summed E-state index contributed by atoms with van der Waals surface area (Å²) in [6, 6.07) is 0. The Balaban J connectivity index is 0. The quantitative estimate of drug-likeness (QED) is 0.307. The number of carbonyl (C=O) groups excluding carboxylic acids is 1. The molecule has 0 aliphatic heterocycles. The third-order valence-corrected chi connectivity index (χ3v) is 0.938. The predicted molar refractivity (Wildman–Crippen MR) is 46.6 cm³/mol. The van der Waals surface area contributed by atoms with Gasteiger partial charge in [-0.1, -0.05) is 0 Å². The molecule has 0 saturated heterocycles. The Morgan fingerprint density at radius 2 is 2.10 bits per heavy atom. The zero-order valence-electron chi connectivity index (χ0n) is 6.00. The molecule has 0 N–H and O–H groups in total. The van der Waals surface area contributed by atoms with Gasteiger partial charge in [0.1, 0.15) is 6.61 Å². The van der Waals surface area contributed by atoms with Crippen LogP contribution in [-0.2, 0) is 14.3 Å². The first kappa shape index (κ1) is 13.2. The maximum absolute atomic E-state index is 10.3. The first-order valence-electron chi connectivity index (χ1n) is 2.56. The van der Waals surface area contributed by atoms with Gasteiger partial charge >= 0.3 is 30.4 Å². The topological polar surface area (TPSA) is 35.5 Å². The number of carbonyl (C=O) groups is 1. The molecule has 0 amide bonds. The van der Waals surface area contributed by atoms with Crippen LogP contribution in [0.4, 0.5) is 0 Å². The molecular weight excluding hydrogens is 262 g/mol. The van der Waals surface area contributed by atoms with E-state index < -0.39 is 0 Å². The van der Waals surface area contributed by atoms with Crippen molar-refractivity contribution in [1.82, 2.24) is 0 Å². The minimum absolute atomic E-state index is 0. The number of hydrogen-bond acceptors (Lipinski definition) is 4. The molecular formula is C5H13O3SSb. The van der Waals surface area contributed by atoms with Crippen molar-refractivity contribution in [3.8, 4) is 0 Å². The fourth-order valence-corrected chi connectivity index (χ4v) is 0.376. The van der Waals surface area contributed by atoms with Crippen LogP contribution in [0.3, 0.4) is 0 Å². The van der Waals surface area contributed by atoms with Crippen molar-refractivity contribution in [2.75, 3.05) is 26.1 Å². The molecule has 0 spiro atoms. The summed E-state index contributed by atoms with van der Waals surface area (Å²) in [5.74, 6) is -0.181. The molecule has 0 aromatic rings. The van der Waals surface area contributed by atoms with E-state index >= 15 is 0 Å². The van der Waals surface area contributed by atoms with E-state index in [4.69, 9.17) is 0 Å². The van der Waals surface area contributed by atoms with E-state index in [2.05, 4.69) is 22.1 Å². The van der Waals surface area contributed by atoms with Gasteiger partial charge in [0.2, 0.25) is 0 Å². The van der Waals surface area contributed by atoms with Crippen LogP contribution < -0.4 is 0 Å². The van der Waals surface area contributed by atoms with Gasteiger partial charge in [0.25, 0.3) is 0 Å². The second kappa shape index (κ2) is 9.60. The third-order valence-electron chi connectivity index (χ3n) is 0.680. The SMILES string of the molecule is COCCOC(=O)CS.[SbH3]. The van der Waals surface area contributed by atoms with Gasteiger partial charge in [-0.25, -0.2) is 0 Å². The van der Waals surface area contributed by atoms with Gasteiger partial charge in [0.05, 0.1) is 12.4 Å². The van der Waals surface area contributed by atoms with E-state index in [0.717, 1.165) is 0 Å². The number of rotatable bonds is 4. The molecule has 0 radical (unpaired) electrons. The molecule has 5 heteroatoms. The molecule has 0 aliphatic carbocycles. The van der Waals surface area contributed by atoms with Crippen LogP contribution in [-0.4, -0.2) is 56.5 Å². The Labute approximate surface area is 83.3 Å². The van der Waals surface area contributed by atoms with Crippen LogP contribution in [0.15, 0.2) is 0 Å². The van der Waals surface area contributed by atoms with Crippen molar-refractivity contribution in [3.63, 3.8) is 0 Å². The van der Waals surface area contributed by atoms with Gasteiger partial charge in [-0.3, -0.25) is 4.79 Å². The fraction of sp³-hybridized carbons (Fsp3) is 0.800. The van der Waals surface area contributed by atoms with E-state index in [1.807, 2.05) is 0 Å². The van der Waals surface area contributed by atoms with Crippen molar-refractivity contribution in [1.29, 1.82) is 0 Å². The van der Waals surface area contributed by atoms with E-state index in [1.54, 1.807) is 7.11 Å². The van der Waals surface area contributed by atoms with Crippen molar-refractivity contribution >= 4 is 43.0 Å². The van der Waals surface area contributed by atoms with Crippen LogP contribution >= 0.6 is 12.6 Å². The van der Waals surface area contributed by atoms with Gasteiger partial charge in [-0.05, 0) is 0 Å². The number of thiol groups is 1. The predicted octanol–water partition coefficient (Wildman–Crippen LogP) is -1.08. The Hall–Kier alpha value is 0.598. The molecule has 3 nitrogen and oxygen atoms in total. The van der Waals surface area contributed by atoms with Gasteiger partial charge in [0, 0.05) is 7.11 Å².